The van der Waals surface area contributed by atoms with Crippen LogP contribution in [0.2, 0.25) is 0 Å². The molecule has 0 saturated heterocycles. The number of nitrogens with one attached hydrogen (secondary N) is 1. The van der Waals surface area contributed by atoms with Gasteiger partial charge in [0.05, 0.1) is 0 Å². The summed E-state index contributed by atoms with van der Waals surface area (Å²) in [7, 11) is 0. The number of rotatable bonds is 3. The lowest BCUT2D eigenvalue weighted by molar-refractivity contribution is -0.116. The Morgan fingerprint density at radius 3 is 3.00 bits per heavy atom. The summed E-state index contributed by atoms with van der Waals surface area (Å²) in [6, 6.07) is 6.31. The van der Waals surface area contributed by atoms with Crippen molar-refractivity contribution >= 4 is 11.7 Å². The Morgan fingerprint density at radius 2 is 2.35 bits per heavy atom. The van der Waals surface area contributed by atoms with Crippen molar-refractivity contribution in [1.82, 2.24) is 9.72 Å². The van der Waals surface area contributed by atoms with E-state index in [0.717, 1.165) is 0 Å². The molecule has 2 heterocycles. The summed E-state index contributed by atoms with van der Waals surface area (Å²) in [6.07, 6.45) is 1.55. The van der Waals surface area contributed by atoms with Gasteiger partial charge < -0.3 is 14.4 Å². The summed E-state index contributed by atoms with van der Waals surface area (Å²) in [5.41, 5.74) is -0.223. The molecule has 17 heavy (non-hydrogen) atoms. The topological polar surface area (TPSA) is 77.1 Å². The summed E-state index contributed by atoms with van der Waals surface area (Å²) in [6.45, 7) is 1.68. The van der Waals surface area contributed by atoms with Crippen LogP contribution in [0.15, 0.2) is 39.8 Å². The molecule has 2 aromatic heterocycles. The number of hydrogen-bond donors (Lipinski definition) is 1. The summed E-state index contributed by atoms with van der Waals surface area (Å²) in [5, 5.41) is 6.16. The molecule has 2 rings (SSSR count). The van der Waals surface area contributed by atoms with E-state index >= 15 is 0 Å². The molecule has 88 valence electrons. The van der Waals surface area contributed by atoms with E-state index in [1.165, 1.54) is 10.6 Å². The molecule has 0 fully saturated rings. The molecule has 0 aliphatic carbocycles. The molecule has 0 aliphatic rings. The lowest BCUT2D eigenvalue weighted by atomic mass is 10.4. The van der Waals surface area contributed by atoms with Crippen molar-refractivity contribution in [2.45, 2.75) is 13.5 Å². The van der Waals surface area contributed by atoms with E-state index in [2.05, 4.69) is 10.5 Å². The molecule has 0 unspecified atom stereocenters. The maximum absolute atomic E-state index is 11.6. The minimum atomic E-state index is -0.327. The van der Waals surface area contributed by atoms with Crippen molar-refractivity contribution in [2.75, 3.05) is 5.32 Å². The van der Waals surface area contributed by atoms with Gasteiger partial charge in [0.15, 0.2) is 5.82 Å². The highest BCUT2D eigenvalue weighted by atomic mass is 16.5. The molecule has 0 atom stereocenters. The zero-order valence-corrected chi connectivity index (χ0v) is 9.21. The van der Waals surface area contributed by atoms with Crippen molar-refractivity contribution in [3.05, 3.63) is 46.6 Å². The standard InChI is InChI=1S/C11H11N3O3/c1-8-6-9(13-17-8)12-10(15)7-14-5-3-2-4-11(14)16/h2-6H,7H2,1H3,(H,12,13,15). The molecule has 0 saturated carbocycles. The number of carbonyl (C=O) groups is 1. The van der Waals surface area contributed by atoms with Crippen LogP contribution in [-0.2, 0) is 11.3 Å². The average Bonchev–Trinajstić information content (AvgIpc) is 2.67. The Balaban J connectivity index is 2.03. The molecule has 6 nitrogen and oxygen atoms in total. The quantitative estimate of drug-likeness (QED) is 0.849. The van der Waals surface area contributed by atoms with Gasteiger partial charge in [-0.25, -0.2) is 0 Å². The van der Waals surface area contributed by atoms with E-state index in [1.54, 1.807) is 31.3 Å². The first kappa shape index (κ1) is 11.1. The van der Waals surface area contributed by atoms with Crippen LogP contribution in [0.25, 0.3) is 0 Å². The molecule has 1 N–H and O–H groups in total. The molecule has 2 aromatic rings. The normalized spacial score (nSPS) is 10.2. The minimum Gasteiger partial charge on any atom is -0.360 e. The van der Waals surface area contributed by atoms with Gasteiger partial charge in [-0.1, -0.05) is 11.2 Å². The van der Waals surface area contributed by atoms with Gasteiger partial charge in [-0.05, 0) is 13.0 Å². The number of amides is 1. The van der Waals surface area contributed by atoms with Crippen LogP contribution in [0.4, 0.5) is 5.82 Å². The lowest BCUT2D eigenvalue weighted by Gasteiger charge is -2.03. The highest BCUT2D eigenvalue weighted by Gasteiger charge is 2.07. The Bertz CT molecular complexity index is 585. The number of nitrogens with zero attached hydrogens (tertiary/aromatic N) is 2. The molecule has 1 amide bonds. The number of hydrogen-bond acceptors (Lipinski definition) is 4. The molecule has 0 bridgehead atoms. The molecule has 0 aromatic carbocycles. The van der Waals surface area contributed by atoms with Gasteiger partial charge in [-0.2, -0.15) is 0 Å². The minimum absolute atomic E-state index is 0.0500. The zero-order valence-electron chi connectivity index (χ0n) is 9.21. The third-order valence-corrected chi connectivity index (χ3v) is 2.11. The second-order valence-corrected chi connectivity index (χ2v) is 3.54. The summed E-state index contributed by atoms with van der Waals surface area (Å²) >= 11 is 0. The first-order valence-electron chi connectivity index (χ1n) is 5.04. The van der Waals surface area contributed by atoms with Crippen LogP contribution in [0, 0.1) is 6.92 Å². The van der Waals surface area contributed by atoms with Crippen LogP contribution >= 0.6 is 0 Å². The van der Waals surface area contributed by atoms with E-state index in [9.17, 15) is 9.59 Å². The molecule has 0 aliphatic heterocycles. The van der Waals surface area contributed by atoms with E-state index in [0.29, 0.717) is 11.6 Å². The smallest absolute Gasteiger partial charge is 0.250 e. The first-order valence-corrected chi connectivity index (χ1v) is 5.04. The van der Waals surface area contributed by atoms with Crippen molar-refractivity contribution in [2.24, 2.45) is 0 Å². The highest BCUT2D eigenvalue weighted by molar-refractivity contribution is 5.89. The fourth-order valence-electron chi connectivity index (χ4n) is 1.35. The monoisotopic (exact) mass is 233 g/mol. The van der Waals surface area contributed by atoms with Gasteiger partial charge in [0.2, 0.25) is 5.91 Å². The van der Waals surface area contributed by atoms with Crippen LogP contribution in [-0.4, -0.2) is 15.6 Å². The Morgan fingerprint density at radius 1 is 1.53 bits per heavy atom. The fourth-order valence-corrected chi connectivity index (χ4v) is 1.35. The lowest BCUT2D eigenvalue weighted by Crippen LogP contribution is -2.26. The van der Waals surface area contributed by atoms with Crippen LogP contribution in [0.5, 0.6) is 0 Å². The molecule has 0 radical (unpaired) electrons. The van der Waals surface area contributed by atoms with Crippen molar-refractivity contribution < 1.29 is 9.32 Å². The number of aromatic nitrogens is 2. The van der Waals surface area contributed by atoms with Gasteiger partial charge in [-0.3, -0.25) is 9.59 Å². The van der Waals surface area contributed by atoms with Gasteiger partial charge >= 0.3 is 0 Å². The van der Waals surface area contributed by atoms with E-state index in [1.807, 2.05) is 0 Å². The van der Waals surface area contributed by atoms with Crippen molar-refractivity contribution in [3.63, 3.8) is 0 Å². The van der Waals surface area contributed by atoms with Gasteiger partial charge in [0, 0.05) is 18.3 Å². The van der Waals surface area contributed by atoms with Crippen LogP contribution in [0.1, 0.15) is 5.76 Å². The third-order valence-electron chi connectivity index (χ3n) is 2.11. The second-order valence-electron chi connectivity index (χ2n) is 3.54. The van der Waals surface area contributed by atoms with Crippen LogP contribution in [0.3, 0.4) is 0 Å². The Labute approximate surface area is 96.9 Å². The highest BCUT2D eigenvalue weighted by Crippen LogP contribution is 2.06. The van der Waals surface area contributed by atoms with E-state index in [4.69, 9.17) is 4.52 Å². The third kappa shape index (κ3) is 2.81. The first-order chi connectivity index (χ1) is 8.15. The SMILES string of the molecule is Cc1cc(NC(=O)Cn2ccccc2=O)no1. The molecular formula is C11H11N3O3. The fraction of sp³-hybridized carbons (Fsp3) is 0.182. The average molecular weight is 233 g/mol. The summed E-state index contributed by atoms with van der Waals surface area (Å²) in [4.78, 5) is 23.0. The maximum atomic E-state index is 11.6. The largest absolute Gasteiger partial charge is 0.360 e. The number of aryl methyl sites for hydroxylation is 1. The summed E-state index contributed by atoms with van der Waals surface area (Å²) < 4.78 is 6.11. The number of anilines is 1. The molecule has 0 spiro atoms. The summed E-state index contributed by atoms with van der Waals surface area (Å²) in [5.74, 6) is 0.625. The van der Waals surface area contributed by atoms with Gasteiger partial charge in [0.25, 0.3) is 5.56 Å². The van der Waals surface area contributed by atoms with Gasteiger partial charge in [0.1, 0.15) is 12.3 Å². The molecule has 6 heteroatoms. The van der Waals surface area contributed by atoms with E-state index < -0.39 is 0 Å². The predicted octanol–water partition coefficient (Wildman–Crippen LogP) is 0.783. The Hall–Kier alpha value is -2.37. The second kappa shape index (κ2) is 4.65. The zero-order chi connectivity index (χ0) is 12.3. The Kier molecular flexibility index (Phi) is 3.04. The van der Waals surface area contributed by atoms with Crippen LogP contribution < -0.4 is 10.9 Å². The molecular weight excluding hydrogens is 222 g/mol. The van der Waals surface area contributed by atoms with Crippen molar-refractivity contribution in [1.29, 1.82) is 0 Å². The number of pyridine rings is 1. The number of carbonyl (C=O) groups excluding carboxylic acids is 1. The maximum Gasteiger partial charge on any atom is 0.250 e. The van der Waals surface area contributed by atoms with E-state index in [-0.39, 0.29) is 18.0 Å². The van der Waals surface area contributed by atoms with Gasteiger partial charge in [-0.15, -0.1) is 0 Å². The van der Waals surface area contributed by atoms with Crippen molar-refractivity contribution in [3.8, 4) is 0 Å². The predicted molar refractivity (Wildman–Crippen MR) is 60.6 cm³/mol.